The van der Waals surface area contributed by atoms with Crippen LogP contribution in [0.2, 0.25) is 0 Å². The first-order chi connectivity index (χ1) is 11.8. The Morgan fingerprint density at radius 2 is 1.96 bits per heavy atom. The Hall–Kier alpha value is -2.41. The van der Waals surface area contributed by atoms with E-state index in [1.54, 1.807) is 31.2 Å². The SMILES string of the molecule is CC1(SC2CC(=O)N(c3ccc(F)cc3)C2=O)C=CC=CC1C(=O)O. The second-order valence-electron chi connectivity index (χ2n) is 6.10. The highest BCUT2D eigenvalue weighted by atomic mass is 32.2. The summed E-state index contributed by atoms with van der Waals surface area (Å²) in [7, 11) is 0. The van der Waals surface area contributed by atoms with Crippen molar-refractivity contribution in [1.29, 1.82) is 0 Å². The molecule has 1 heterocycles. The lowest BCUT2D eigenvalue weighted by molar-refractivity contribution is -0.140. The summed E-state index contributed by atoms with van der Waals surface area (Å²) >= 11 is 1.18. The number of halogens is 1. The highest BCUT2D eigenvalue weighted by Gasteiger charge is 2.46. The summed E-state index contributed by atoms with van der Waals surface area (Å²) < 4.78 is 12.2. The Morgan fingerprint density at radius 3 is 2.60 bits per heavy atom. The number of hydrogen-bond acceptors (Lipinski definition) is 4. The van der Waals surface area contributed by atoms with Gasteiger partial charge in [0.25, 0.3) is 0 Å². The number of thioether (sulfide) groups is 1. The molecule has 130 valence electrons. The molecule has 3 rings (SSSR count). The second kappa shape index (κ2) is 6.48. The summed E-state index contributed by atoms with van der Waals surface area (Å²) in [6.07, 6.45) is 6.71. The molecular weight excluding hydrogens is 345 g/mol. The van der Waals surface area contributed by atoms with E-state index in [2.05, 4.69) is 0 Å². The number of rotatable bonds is 4. The van der Waals surface area contributed by atoms with Gasteiger partial charge in [-0.3, -0.25) is 14.4 Å². The molecule has 1 aromatic carbocycles. The van der Waals surface area contributed by atoms with Crippen molar-refractivity contribution >= 4 is 35.2 Å². The molecule has 1 N–H and O–H groups in total. The minimum absolute atomic E-state index is 0.0135. The van der Waals surface area contributed by atoms with Gasteiger partial charge in [-0.05, 0) is 31.2 Å². The zero-order chi connectivity index (χ0) is 18.2. The number of carboxylic acid groups (broad SMARTS) is 1. The number of allylic oxidation sites excluding steroid dienone is 2. The normalized spacial score (nSPS) is 28.6. The average Bonchev–Trinajstić information content (AvgIpc) is 2.82. The van der Waals surface area contributed by atoms with Gasteiger partial charge in [0, 0.05) is 11.2 Å². The molecule has 0 spiro atoms. The first-order valence-electron chi connectivity index (χ1n) is 7.71. The fourth-order valence-electron chi connectivity index (χ4n) is 3.02. The van der Waals surface area contributed by atoms with Gasteiger partial charge in [0.1, 0.15) is 5.82 Å². The Morgan fingerprint density at radius 1 is 1.28 bits per heavy atom. The van der Waals surface area contributed by atoms with E-state index < -0.39 is 33.6 Å². The molecule has 0 bridgehead atoms. The number of imide groups is 1. The van der Waals surface area contributed by atoms with Crippen LogP contribution in [0, 0.1) is 11.7 Å². The van der Waals surface area contributed by atoms with Crippen molar-refractivity contribution in [2.24, 2.45) is 5.92 Å². The maximum Gasteiger partial charge on any atom is 0.312 e. The quantitative estimate of drug-likeness (QED) is 0.835. The first-order valence-corrected chi connectivity index (χ1v) is 8.59. The lowest BCUT2D eigenvalue weighted by Gasteiger charge is -2.33. The topological polar surface area (TPSA) is 74.7 Å². The molecule has 1 saturated heterocycles. The summed E-state index contributed by atoms with van der Waals surface area (Å²) in [4.78, 5) is 37.5. The Bertz CT molecular complexity index is 789. The molecule has 1 aliphatic heterocycles. The van der Waals surface area contributed by atoms with Crippen LogP contribution in [0.25, 0.3) is 0 Å². The molecule has 1 fully saturated rings. The van der Waals surface area contributed by atoms with Crippen LogP contribution in [0.1, 0.15) is 13.3 Å². The van der Waals surface area contributed by atoms with E-state index in [1.165, 1.54) is 36.0 Å². The number of amides is 2. The monoisotopic (exact) mass is 361 g/mol. The van der Waals surface area contributed by atoms with E-state index in [-0.39, 0.29) is 12.3 Å². The van der Waals surface area contributed by atoms with E-state index in [4.69, 9.17) is 0 Å². The molecule has 3 atom stereocenters. The Balaban J connectivity index is 1.82. The van der Waals surface area contributed by atoms with Gasteiger partial charge < -0.3 is 5.11 Å². The number of carbonyl (C=O) groups is 3. The number of carboxylic acids is 1. The Labute approximate surface area is 148 Å². The van der Waals surface area contributed by atoms with Gasteiger partial charge in [-0.25, -0.2) is 9.29 Å². The van der Waals surface area contributed by atoms with Crippen molar-refractivity contribution < 1.29 is 23.9 Å². The maximum absolute atomic E-state index is 13.1. The minimum atomic E-state index is -0.984. The van der Waals surface area contributed by atoms with Gasteiger partial charge in [0.15, 0.2) is 0 Å². The largest absolute Gasteiger partial charge is 0.481 e. The number of nitrogens with zero attached hydrogens (tertiary/aromatic N) is 1. The number of carbonyl (C=O) groups excluding carboxylic acids is 2. The zero-order valence-electron chi connectivity index (χ0n) is 13.4. The van der Waals surface area contributed by atoms with Gasteiger partial charge in [0.05, 0.1) is 16.9 Å². The van der Waals surface area contributed by atoms with Gasteiger partial charge in [-0.2, -0.15) is 0 Å². The lowest BCUT2D eigenvalue weighted by atomic mass is 9.89. The predicted octanol–water partition coefficient (Wildman–Crippen LogP) is 2.78. The first kappa shape index (κ1) is 17.4. The van der Waals surface area contributed by atoms with E-state index in [0.717, 1.165) is 4.90 Å². The van der Waals surface area contributed by atoms with Crippen LogP contribution in [0.15, 0.2) is 48.6 Å². The number of hydrogen-bond donors (Lipinski definition) is 1. The molecule has 2 amide bonds. The van der Waals surface area contributed by atoms with E-state index in [9.17, 15) is 23.9 Å². The number of aliphatic carboxylic acids is 1. The van der Waals surface area contributed by atoms with Gasteiger partial charge in [-0.15, -0.1) is 11.8 Å². The molecule has 1 aliphatic carbocycles. The van der Waals surface area contributed by atoms with Crippen molar-refractivity contribution in [3.05, 3.63) is 54.4 Å². The third-order valence-corrected chi connectivity index (χ3v) is 5.86. The van der Waals surface area contributed by atoms with Crippen molar-refractivity contribution in [2.75, 3.05) is 4.90 Å². The Kier molecular flexibility index (Phi) is 4.51. The van der Waals surface area contributed by atoms with Crippen molar-refractivity contribution in [1.82, 2.24) is 0 Å². The van der Waals surface area contributed by atoms with Crippen LogP contribution in [0.4, 0.5) is 10.1 Å². The molecule has 0 radical (unpaired) electrons. The molecule has 0 saturated carbocycles. The summed E-state index contributed by atoms with van der Waals surface area (Å²) in [6, 6.07) is 5.13. The lowest BCUT2D eigenvalue weighted by Crippen LogP contribution is -2.38. The van der Waals surface area contributed by atoms with Crippen LogP contribution in [-0.4, -0.2) is 32.9 Å². The third-order valence-electron chi connectivity index (χ3n) is 4.31. The molecule has 2 aliphatic rings. The average molecular weight is 361 g/mol. The molecule has 1 aromatic rings. The van der Waals surface area contributed by atoms with Crippen molar-refractivity contribution in [2.45, 2.75) is 23.3 Å². The second-order valence-corrected chi connectivity index (χ2v) is 7.78. The number of anilines is 1. The van der Waals surface area contributed by atoms with Gasteiger partial charge >= 0.3 is 5.97 Å². The smallest absolute Gasteiger partial charge is 0.312 e. The van der Waals surface area contributed by atoms with Crippen molar-refractivity contribution in [3.63, 3.8) is 0 Å². The molecule has 0 aromatic heterocycles. The molecule has 25 heavy (non-hydrogen) atoms. The highest BCUT2D eigenvalue weighted by molar-refractivity contribution is 8.02. The third kappa shape index (κ3) is 3.24. The van der Waals surface area contributed by atoms with Crippen molar-refractivity contribution in [3.8, 4) is 0 Å². The highest BCUT2D eigenvalue weighted by Crippen LogP contribution is 2.43. The number of benzene rings is 1. The summed E-state index contributed by atoms with van der Waals surface area (Å²) in [6.45, 7) is 1.74. The van der Waals surface area contributed by atoms with Gasteiger partial charge in [0.2, 0.25) is 11.8 Å². The molecule has 7 heteroatoms. The van der Waals surface area contributed by atoms with Crippen LogP contribution < -0.4 is 4.90 Å². The maximum atomic E-state index is 13.1. The van der Waals surface area contributed by atoms with Gasteiger partial charge in [-0.1, -0.05) is 24.3 Å². The summed E-state index contributed by atoms with van der Waals surface area (Å²) in [5.74, 6) is -3.01. The summed E-state index contributed by atoms with van der Waals surface area (Å²) in [5, 5.41) is 8.75. The van der Waals surface area contributed by atoms with E-state index in [1.807, 2.05) is 0 Å². The fourth-order valence-corrected chi connectivity index (χ4v) is 4.55. The van der Waals surface area contributed by atoms with E-state index in [0.29, 0.717) is 5.69 Å². The molecule has 5 nitrogen and oxygen atoms in total. The molecular formula is C18H16FNO4S. The van der Waals surface area contributed by atoms with E-state index >= 15 is 0 Å². The zero-order valence-corrected chi connectivity index (χ0v) is 14.2. The fraction of sp³-hybridized carbons (Fsp3) is 0.278. The standard InChI is InChI=1S/C18H16FNO4S/c1-18(9-3-2-4-13(18)17(23)24)25-14-10-15(21)20(16(14)22)12-7-5-11(19)6-8-12/h2-9,13-14H,10H2,1H3,(H,23,24). The van der Waals surface area contributed by atoms with Crippen LogP contribution >= 0.6 is 11.8 Å². The van der Waals surface area contributed by atoms with Crippen LogP contribution in [-0.2, 0) is 14.4 Å². The van der Waals surface area contributed by atoms with Crippen LogP contribution in [0.5, 0.6) is 0 Å². The minimum Gasteiger partial charge on any atom is -0.481 e. The van der Waals surface area contributed by atoms with Crippen LogP contribution in [0.3, 0.4) is 0 Å². The molecule has 3 unspecified atom stereocenters. The summed E-state index contributed by atoms with van der Waals surface area (Å²) in [5.41, 5.74) is 0.318. The predicted molar refractivity (Wildman–Crippen MR) is 92.7 cm³/mol.